The number of hydrogen-bond donors (Lipinski definition) is 1. The molecule has 0 amide bonds. The van der Waals surface area contributed by atoms with Gasteiger partial charge in [-0.15, -0.1) is 0 Å². The first kappa shape index (κ1) is 10.8. The van der Waals surface area contributed by atoms with Gasteiger partial charge in [0.15, 0.2) is 0 Å². The molecular weight excluding hydrogens is 148 g/mol. The summed E-state index contributed by atoms with van der Waals surface area (Å²) in [6.45, 7) is 4.00. The van der Waals surface area contributed by atoms with Crippen molar-refractivity contribution in [2.75, 3.05) is 24.7 Å². The van der Waals surface area contributed by atoms with Gasteiger partial charge in [0.2, 0.25) is 0 Å². The molecule has 0 fully saturated rings. The summed E-state index contributed by atoms with van der Waals surface area (Å²) in [5.41, 5.74) is 7.49. The minimum absolute atomic E-state index is 0.811. The van der Waals surface area contributed by atoms with Gasteiger partial charge in [0, 0.05) is 25.5 Å². The van der Waals surface area contributed by atoms with Crippen molar-refractivity contribution in [2.24, 2.45) is 0 Å². The third kappa shape index (κ3) is 3.28. The van der Waals surface area contributed by atoms with Gasteiger partial charge in [-0.2, -0.15) is 0 Å². The highest BCUT2D eigenvalue weighted by Gasteiger charge is 1.91. The van der Waals surface area contributed by atoms with Crippen LogP contribution in [0.4, 0.5) is 11.4 Å². The second-order valence-corrected chi connectivity index (χ2v) is 2.49. The lowest BCUT2D eigenvalue weighted by Crippen LogP contribution is -2.08. The molecule has 0 aliphatic carbocycles. The molecule has 0 bridgehead atoms. The van der Waals surface area contributed by atoms with E-state index in [1.165, 1.54) is 5.69 Å². The van der Waals surface area contributed by atoms with Gasteiger partial charge >= 0.3 is 0 Å². The molecule has 0 saturated carbocycles. The molecule has 1 aromatic carbocycles. The van der Waals surface area contributed by atoms with Gasteiger partial charge in [-0.25, -0.2) is 0 Å². The molecule has 0 radical (unpaired) electrons. The van der Waals surface area contributed by atoms with Crippen molar-refractivity contribution >= 4 is 11.4 Å². The smallest absolute Gasteiger partial charge is 0.0362 e. The first-order chi connectivity index (χ1) is 5.70. The molecule has 0 spiro atoms. The van der Waals surface area contributed by atoms with Crippen LogP contribution in [-0.4, -0.2) is 14.1 Å². The minimum atomic E-state index is 0.811. The molecule has 2 N–H and O–H groups in total. The van der Waals surface area contributed by atoms with Gasteiger partial charge in [0.05, 0.1) is 0 Å². The van der Waals surface area contributed by atoms with Gasteiger partial charge in [-0.05, 0) is 24.3 Å². The van der Waals surface area contributed by atoms with Crippen molar-refractivity contribution < 1.29 is 0 Å². The maximum absolute atomic E-state index is 5.51. The lowest BCUT2D eigenvalue weighted by atomic mass is 10.3. The number of rotatable bonds is 1. The molecule has 0 atom stereocenters. The van der Waals surface area contributed by atoms with Crippen LogP contribution in [0.1, 0.15) is 13.8 Å². The van der Waals surface area contributed by atoms with E-state index >= 15 is 0 Å². The van der Waals surface area contributed by atoms with Crippen LogP contribution in [0.3, 0.4) is 0 Å². The zero-order chi connectivity index (χ0) is 9.56. The van der Waals surface area contributed by atoms with Gasteiger partial charge in [0.1, 0.15) is 0 Å². The lowest BCUT2D eigenvalue weighted by Gasteiger charge is -2.11. The van der Waals surface area contributed by atoms with Gasteiger partial charge < -0.3 is 10.6 Å². The lowest BCUT2D eigenvalue weighted by molar-refractivity contribution is 1.13. The highest BCUT2D eigenvalue weighted by atomic mass is 15.1. The Hall–Kier alpha value is -1.18. The molecule has 68 valence electrons. The van der Waals surface area contributed by atoms with Crippen molar-refractivity contribution in [2.45, 2.75) is 13.8 Å². The summed E-state index contributed by atoms with van der Waals surface area (Å²) in [6.07, 6.45) is 0. The predicted octanol–water partition coefficient (Wildman–Crippen LogP) is 2.36. The molecule has 0 aliphatic heterocycles. The average molecular weight is 166 g/mol. The van der Waals surface area contributed by atoms with Crippen LogP contribution >= 0.6 is 0 Å². The van der Waals surface area contributed by atoms with E-state index in [1.807, 2.05) is 57.1 Å². The maximum Gasteiger partial charge on any atom is 0.0362 e. The van der Waals surface area contributed by atoms with E-state index in [2.05, 4.69) is 0 Å². The van der Waals surface area contributed by atoms with Crippen LogP contribution in [0.2, 0.25) is 0 Å². The summed E-state index contributed by atoms with van der Waals surface area (Å²) in [7, 11) is 4.01. The third-order valence-electron chi connectivity index (χ3n) is 1.41. The predicted molar refractivity (Wildman–Crippen MR) is 56.5 cm³/mol. The third-order valence-corrected chi connectivity index (χ3v) is 1.41. The van der Waals surface area contributed by atoms with E-state index in [9.17, 15) is 0 Å². The van der Waals surface area contributed by atoms with E-state index in [-0.39, 0.29) is 0 Å². The number of benzene rings is 1. The zero-order valence-electron chi connectivity index (χ0n) is 8.33. The molecule has 0 unspecified atom stereocenters. The largest absolute Gasteiger partial charge is 0.399 e. The van der Waals surface area contributed by atoms with Crippen molar-refractivity contribution in [1.29, 1.82) is 0 Å². The Morgan fingerprint density at radius 3 is 1.75 bits per heavy atom. The first-order valence-corrected chi connectivity index (χ1v) is 4.23. The molecule has 2 nitrogen and oxygen atoms in total. The monoisotopic (exact) mass is 166 g/mol. The standard InChI is InChI=1S/C8H12N2.C2H6/c1-10(2)8-5-3-7(9)4-6-8;1-2/h3-6H,9H2,1-2H3;1-2H3. The maximum atomic E-state index is 5.51. The number of nitrogen functional groups attached to an aromatic ring is 1. The zero-order valence-corrected chi connectivity index (χ0v) is 8.33. The Bertz CT molecular complexity index is 202. The highest BCUT2D eigenvalue weighted by Crippen LogP contribution is 2.12. The number of hydrogen-bond acceptors (Lipinski definition) is 2. The van der Waals surface area contributed by atoms with E-state index in [1.54, 1.807) is 0 Å². The normalized spacial score (nSPS) is 8.33. The van der Waals surface area contributed by atoms with Crippen LogP contribution in [-0.2, 0) is 0 Å². The quantitative estimate of drug-likeness (QED) is 0.649. The van der Waals surface area contributed by atoms with Crippen molar-refractivity contribution in [3.63, 3.8) is 0 Å². The Morgan fingerprint density at radius 1 is 1.00 bits per heavy atom. The second-order valence-electron chi connectivity index (χ2n) is 2.49. The topological polar surface area (TPSA) is 29.3 Å². The van der Waals surface area contributed by atoms with E-state index in [0.29, 0.717) is 0 Å². The Balaban J connectivity index is 0.000000561. The SMILES string of the molecule is CC.CN(C)c1ccc(N)cc1. The summed E-state index contributed by atoms with van der Waals surface area (Å²) < 4.78 is 0. The molecule has 1 rings (SSSR count). The summed E-state index contributed by atoms with van der Waals surface area (Å²) in [5, 5.41) is 0. The van der Waals surface area contributed by atoms with E-state index < -0.39 is 0 Å². The molecule has 2 heteroatoms. The minimum Gasteiger partial charge on any atom is -0.399 e. The highest BCUT2D eigenvalue weighted by molar-refractivity contribution is 5.51. The van der Waals surface area contributed by atoms with Crippen molar-refractivity contribution in [3.8, 4) is 0 Å². The summed E-state index contributed by atoms with van der Waals surface area (Å²) >= 11 is 0. The Labute approximate surface area is 75.0 Å². The van der Waals surface area contributed by atoms with Gasteiger partial charge in [-0.1, -0.05) is 13.8 Å². The Kier molecular flexibility index (Phi) is 4.93. The number of anilines is 2. The second kappa shape index (κ2) is 5.47. The fourth-order valence-electron chi connectivity index (χ4n) is 0.772. The van der Waals surface area contributed by atoms with Crippen LogP contribution in [0.5, 0.6) is 0 Å². The number of nitrogens with zero attached hydrogens (tertiary/aromatic N) is 1. The van der Waals surface area contributed by atoms with Crippen LogP contribution < -0.4 is 10.6 Å². The Morgan fingerprint density at radius 2 is 1.42 bits per heavy atom. The van der Waals surface area contributed by atoms with E-state index in [4.69, 9.17) is 5.73 Å². The molecular formula is C10H18N2. The molecule has 0 aromatic heterocycles. The average Bonchev–Trinajstić information content (AvgIpc) is 2.09. The molecule has 0 heterocycles. The summed E-state index contributed by atoms with van der Waals surface area (Å²) in [5.74, 6) is 0. The molecule has 12 heavy (non-hydrogen) atoms. The molecule has 0 aliphatic rings. The van der Waals surface area contributed by atoms with Gasteiger partial charge in [-0.3, -0.25) is 0 Å². The van der Waals surface area contributed by atoms with Crippen molar-refractivity contribution in [1.82, 2.24) is 0 Å². The van der Waals surface area contributed by atoms with Crippen LogP contribution in [0, 0.1) is 0 Å². The first-order valence-electron chi connectivity index (χ1n) is 4.23. The van der Waals surface area contributed by atoms with Gasteiger partial charge in [0.25, 0.3) is 0 Å². The fraction of sp³-hybridized carbons (Fsp3) is 0.400. The van der Waals surface area contributed by atoms with E-state index in [0.717, 1.165) is 5.69 Å². The van der Waals surface area contributed by atoms with Crippen LogP contribution in [0.25, 0.3) is 0 Å². The fourth-order valence-corrected chi connectivity index (χ4v) is 0.772. The number of nitrogens with two attached hydrogens (primary N) is 1. The van der Waals surface area contributed by atoms with Crippen molar-refractivity contribution in [3.05, 3.63) is 24.3 Å². The van der Waals surface area contributed by atoms with Crippen LogP contribution in [0.15, 0.2) is 24.3 Å². The molecule has 1 aromatic rings. The summed E-state index contributed by atoms with van der Waals surface area (Å²) in [6, 6.07) is 7.79. The molecule has 0 saturated heterocycles. The summed E-state index contributed by atoms with van der Waals surface area (Å²) in [4.78, 5) is 2.04.